The van der Waals surface area contributed by atoms with Crippen molar-refractivity contribution in [2.24, 2.45) is 0 Å². The summed E-state index contributed by atoms with van der Waals surface area (Å²) in [6, 6.07) is 9.59. The van der Waals surface area contributed by atoms with Crippen LogP contribution in [0.2, 0.25) is 5.02 Å². The number of rotatable bonds is 6. The molecule has 1 aliphatic rings. The second-order valence-electron chi connectivity index (χ2n) is 5.82. The maximum absolute atomic E-state index is 12.5. The summed E-state index contributed by atoms with van der Waals surface area (Å²) in [6.45, 7) is 3.72. The van der Waals surface area contributed by atoms with Gasteiger partial charge in [0.2, 0.25) is 10.0 Å². The van der Waals surface area contributed by atoms with Gasteiger partial charge in [-0.3, -0.25) is 0 Å². The van der Waals surface area contributed by atoms with Crippen LogP contribution in [0.25, 0.3) is 0 Å². The Hall–Kier alpha value is -1.29. The van der Waals surface area contributed by atoms with E-state index in [-0.39, 0.29) is 11.8 Å². The summed E-state index contributed by atoms with van der Waals surface area (Å²) in [5, 5.41) is 9.20. The molecule has 0 bridgehead atoms. The van der Waals surface area contributed by atoms with E-state index in [1.54, 1.807) is 4.31 Å². The van der Waals surface area contributed by atoms with Crippen molar-refractivity contribution in [2.45, 2.75) is 32.2 Å². The van der Waals surface area contributed by atoms with Gasteiger partial charge in [0.05, 0.1) is 11.8 Å². The van der Waals surface area contributed by atoms with Gasteiger partial charge >= 0.3 is 0 Å². The van der Waals surface area contributed by atoms with Gasteiger partial charge in [-0.2, -0.15) is 9.57 Å². The largest absolute Gasteiger partial charge is 0.369 e. The van der Waals surface area contributed by atoms with Crippen LogP contribution in [0.15, 0.2) is 24.3 Å². The van der Waals surface area contributed by atoms with Gasteiger partial charge < -0.3 is 4.90 Å². The number of benzene rings is 1. The summed E-state index contributed by atoms with van der Waals surface area (Å²) in [4.78, 5) is 2.16. The van der Waals surface area contributed by atoms with Gasteiger partial charge in [-0.25, -0.2) is 8.42 Å². The van der Waals surface area contributed by atoms with E-state index in [1.807, 2.05) is 37.3 Å². The van der Waals surface area contributed by atoms with Crippen molar-refractivity contribution in [3.8, 4) is 6.07 Å². The molecular formula is C16H22ClN3O2S. The number of nitrogens with zero attached hydrogens (tertiary/aromatic N) is 3. The lowest BCUT2D eigenvalue weighted by Crippen LogP contribution is -2.54. The molecule has 1 unspecified atom stereocenters. The molecule has 1 aromatic rings. The van der Waals surface area contributed by atoms with E-state index in [9.17, 15) is 8.42 Å². The highest BCUT2D eigenvalue weighted by molar-refractivity contribution is 7.89. The second kappa shape index (κ2) is 8.00. The predicted molar refractivity (Wildman–Crippen MR) is 93.1 cm³/mol. The Kier molecular flexibility index (Phi) is 6.28. The summed E-state index contributed by atoms with van der Waals surface area (Å²) in [6.07, 6.45) is 1.58. The first-order valence-electron chi connectivity index (χ1n) is 7.81. The topological polar surface area (TPSA) is 64.4 Å². The molecule has 1 atom stereocenters. The van der Waals surface area contributed by atoms with Crippen LogP contribution in [0.1, 0.15) is 26.2 Å². The molecule has 2 rings (SSSR count). The minimum atomic E-state index is -3.26. The molecule has 0 N–H and O–H groups in total. The quantitative estimate of drug-likeness (QED) is 0.736. The molecule has 0 radical (unpaired) electrons. The van der Waals surface area contributed by atoms with E-state index in [0.29, 0.717) is 43.9 Å². The van der Waals surface area contributed by atoms with Crippen molar-refractivity contribution in [1.82, 2.24) is 4.31 Å². The fraction of sp³-hybridized carbons (Fsp3) is 0.562. The predicted octanol–water partition coefficient (Wildman–Crippen LogP) is 2.87. The Morgan fingerprint density at radius 1 is 1.35 bits per heavy atom. The van der Waals surface area contributed by atoms with Gasteiger partial charge in [-0.1, -0.05) is 17.7 Å². The molecule has 1 aliphatic heterocycles. The third-order valence-corrected chi connectivity index (χ3v) is 6.33. The van der Waals surface area contributed by atoms with Crippen LogP contribution in [0, 0.1) is 11.3 Å². The molecule has 1 saturated heterocycles. The normalized spacial score (nSPS) is 19.5. The molecule has 0 saturated carbocycles. The van der Waals surface area contributed by atoms with Crippen molar-refractivity contribution >= 4 is 27.3 Å². The van der Waals surface area contributed by atoms with Gasteiger partial charge in [0.25, 0.3) is 0 Å². The molecule has 1 fully saturated rings. The Morgan fingerprint density at radius 2 is 2.13 bits per heavy atom. The molecular weight excluding hydrogens is 334 g/mol. The number of nitriles is 1. The first-order valence-corrected chi connectivity index (χ1v) is 9.80. The zero-order chi connectivity index (χ0) is 16.9. The molecule has 1 aromatic carbocycles. The van der Waals surface area contributed by atoms with E-state index < -0.39 is 10.0 Å². The smallest absolute Gasteiger partial charge is 0.214 e. The fourth-order valence-corrected chi connectivity index (χ4v) is 4.83. The zero-order valence-corrected chi connectivity index (χ0v) is 14.9. The number of hydrogen-bond acceptors (Lipinski definition) is 4. The minimum absolute atomic E-state index is 0.0799. The number of piperazine rings is 1. The van der Waals surface area contributed by atoms with Crippen molar-refractivity contribution in [3.05, 3.63) is 29.3 Å². The third-order valence-electron chi connectivity index (χ3n) is 4.04. The van der Waals surface area contributed by atoms with Crippen LogP contribution < -0.4 is 4.90 Å². The first kappa shape index (κ1) is 18.1. The van der Waals surface area contributed by atoms with E-state index >= 15 is 0 Å². The molecule has 0 amide bonds. The molecule has 5 nitrogen and oxygen atoms in total. The fourth-order valence-electron chi connectivity index (χ4n) is 2.87. The van der Waals surface area contributed by atoms with Crippen LogP contribution in [-0.4, -0.2) is 44.2 Å². The average Bonchev–Trinajstić information content (AvgIpc) is 2.51. The van der Waals surface area contributed by atoms with Gasteiger partial charge in [0.15, 0.2) is 0 Å². The van der Waals surface area contributed by atoms with E-state index in [4.69, 9.17) is 16.9 Å². The van der Waals surface area contributed by atoms with Gasteiger partial charge in [-0.05, 0) is 38.0 Å². The zero-order valence-electron chi connectivity index (χ0n) is 13.3. The second-order valence-corrected chi connectivity index (χ2v) is 8.29. The van der Waals surface area contributed by atoms with Gasteiger partial charge in [-0.15, -0.1) is 0 Å². The standard InChI is InChI=1S/C16H22ClN3O2S/c1-14-13-19(16-7-5-6-15(17)12-16)9-10-20(14)23(21,22)11-4-2-3-8-18/h5-7,12,14H,2-4,9-11,13H2,1H3. The first-order chi connectivity index (χ1) is 10.9. The highest BCUT2D eigenvalue weighted by Gasteiger charge is 2.32. The lowest BCUT2D eigenvalue weighted by atomic mass is 10.2. The van der Waals surface area contributed by atoms with Gasteiger partial charge in [0, 0.05) is 42.8 Å². The maximum atomic E-state index is 12.5. The SMILES string of the molecule is CC1CN(c2cccc(Cl)c2)CCN1S(=O)(=O)CCCCC#N. The van der Waals surface area contributed by atoms with Crippen molar-refractivity contribution in [1.29, 1.82) is 5.26 Å². The van der Waals surface area contributed by atoms with Crippen LogP contribution in [0.4, 0.5) is 5.69 Å². The molecule has 0 aliphatic carbocycles. The van der Waals surface area contributed by atoms with E-state index in [2.05, 4.69) is 4.90 Å². The highest BCUT2D eigenvalue weighted by Crippen LogP contribution is 2.24. The van der Waals surface area contributed by atoms with E-state index in [0.717, 1.165) is 5.69 Å². The summed E-state index contributed by atoms with van der Waals surface area (Å²) >= 11 is 6.03. The molecule has 1 heterocycles. The summed E-state index contributed by atoms with van der Waals surface area (Å²) in [5.74, 6) is 0.121. The summed E-state index contributed by atoms with van der Waals surface area (Å²) < 4.78 is 26.5. The number of halogens is 1. The summed E-state index contributed by atoms with van der Waals surface area (Å²) in [7, 11) is -3.26. The monoisotopic (exact) mass is 355 g/mol. The molecule has 126 valence electrons. The lowest BCUT2D eigenvalue weighted by Gasteiger charge is -2.40. The van der Waals surface area contributed by atoms with Crippen molar-refractivity contribution in [3.63, 3.8) is 0 Å². The number of anilines is 1. The average molecular weight is 356 g/mol. The molecule has 0 aromatic heterocycles. The van der Waals surface area contributed by atoms with Crippen molar-refractivity contribution in [2.75, 3.05) is 30.3 Å². The van der Waals surface area contributed by atoms with Crippen molar-refractivity contribution < 1.29 is 8.42 Å². The maximum Gasteiger partial charge on any atom is 0.214 e. The summed E-state index contributed by atoms with van der Waals surface area (Å²) in [5.41, 5.74) is 1.02. The number of unbranched alkanes of at least 4 members (excludes halogenated alkanes) is 2. The van der Waals surface area contributed by atoms with Crippen LogP contribution in [0.5, 0.6) is 0 Å². The lowest BCUT2D eigenvalue weighted by molar-refractivity contribution is 0.306. The van der Waals surface area contributed by atoms with Crippen LogP contribution in [-0.2, 0) is 10.0 Å². The Labute approximate surface area is 143 Å². The van der Waals surface area contributed by atoms with E-state index in [1.165, 1.54) is 0 Å². The number of hydrogen-bond donors (Lipinski definition) is 0. The van der Waals surface area contributed by atoms with Crippen LogP contribution >= 0.6 is 11.6 Å². The molecule has 0 spiro atoms. The Bertz CT molecular complexity index is 672. The Morgan fingerprint density at radius 3 is 2.78 bits per heavy atom. The van der Waals surface area contributed by atoms with Crippen LogP contribution in [0.3, 0.4) is 0 Å². The molecule has 7 heteroatoms. The van der Waals surface area contributed by atoms with Gasteiger partial charge in [0.1, 0.15) is 0 Å². The number of sulfonamides is 1. The Balaban J connectivity index is 1.97. The molecule has 23 heavy (non-hydrogen) atoms. The third kappa shape index (κ3) is 4.84. The minimum Gasteiger partial charge on any atom is -0.369 e. The highest BCUT2D eigenvalue weighted by atomic mass is 35.5.